The molecule has 13 heavy (non-hydrogen) atoms. The Hall–Kier alpha value is 0.180. The normalized spacial score (nSPS) is 19.0. The molecule has 72 valence electrons. The fourth-order valence-electron chi connectivity index (χ4n) is 1.72. The van der Waals surface area contributed by atoms with E-state index in [1.165, 1.54) is 29.7 Å². The van der Waals surface area contributed by atoms with Crippen molar-refractivity contribution in [2.75, 3.05) is 0 Å². The largest absolute Gasteiger partial charge is 0.144 e. The molecule has 0 N–H and O–H groups in total. The summed E-state index contributed by atoms with van der Waals surface area (Å²) in [5.74, 6) is 1.01. The number of hydrogen-bond acceptors (Lipinski definition) is 1. The van der Waals surface area contributed by atoms with E-state index in [1.54, 1.807) is 4.88 Å². The number of rotatable bonds is 3. The van der Waals surface area contributed by atoms with Gasteiger partial charge in [-0.3, -0.25) is 0 Å². The van der Waals surface area contributed by atoms with Crippen molar-refractivity contribution in [3.8, 4) is 0 Å². The second kappa shape index (κ2) is 3.74. The number of hydrogen-bond donors (Lipinski definition) is 0. The standard InChI is InChI=1S/C11H15BrS/c1-7-5-8(2)13-11(7)10(12)6-9-3-4-9/h5,9-10H,3-4,6H2,1-2H3. The van der Waals surface area contributed by atoms with Crippen LogP contribution < -0.4 is 0 Å². The third kappa shape index (κ3) is 2.35. The number of aryl methyl sites for hydroxylation is 2. The minimum Gasteiger partial charge on any atom is -0.144 e. The first-order chi connectivity index (χ1) is 6.16. The summed E-state index contributed by atoms with van der Waals surface area (Å²) in [6, 6.07) is 2.29. The highest BCUT2D eigenvalue weighted by molar-refractivity contribution is 9.09. The molecular formula is C11H15BrS. The molecule has 0 aliphatic heterocycles. The quantitative estimate of drug-likeness (QED) is 0.696. The predicted molar refractivity (Wildman–Crippen MR) is 62.8 cm³/mol. The van der Waals surface area contributed by atoms with Gasteiger partial charge in [0, 0.05) is 14.6 Å². The first kappa shape index (κ1) is 9.72. The van der Waals surface area contributed by atoms with E-state index in [9.17, 15) is 0 Å². The minimum atomic E-state index is 0.610. The van der Waals surface area contributed by atoms with Gasteiger partial charge in [-0.05, 0) is 37.8 Å². The fraction of sp³-hybridized carbons (Fsp3) is 0.636. The molecule has 0 saturated heterocycles. The van der Waals surface area contributed by atoms with Crippen LogP contribution >= 0.6 is 27.3 Å². The molecule has 0 nitrogen and oxygen atoms in total. The zero-order valence-corrected chi connectivity index (χ0v) is 10.5. The lowest BCUT2D eigenvalue weighted by Crippen LogP contribution is -1.89. The highest BCUT2D eigenvalue weighted by Gasteiger charge is 2.26. The predicted octanol–water partition coefficient (Wildman–Crippen LogP) is 4.60. The van der Waals surface area contributed by atoms with Crippen LogP contribution in [-0.2, 0) is 0 Å². The second-order valence-corrected chi connectivity index (χ2v) is 6.44. The summed E-state index contributed by atoms with van der Waals surface area (Å²) in [6.45, 7) is 4.41. The highest BCUT2D eigenvalue weighted by atomic mass is 79.9. The van der Waals surface area contributed by atoms with Crippen LogP contribution in [0.1, 0.15) is 39.4 Å². The van der Waals surface area contributed by atoms with Crippen molar-refractivity contribution in [3.05, 3.63) is 21.4 Å². The van der Waals surface area contributed by atoms with Gasteiger partial charge in [0.2, 0.25) is 0 Å². The summed E-state index contributed by atoms with van der Waals surface area (Å²) in [7, 11) is 0. The maximum Gasteiger partial charge on any atom is 0.0494 e. The van der Waals surface area contributed by atoms with Crippen LogP contribution in [0.25, 0.3) is 0 Å². The maximum absolute atomic E-state index is 3.80. The van der Waals surface area contributed by atoms with E-state index in [0.29, 0.717) is 4.83 Å². The Labute approximate surface area is 92.5 Å². The monoisotopic (exact) mass is 258 g/mol. The van der Waals surface area contributed by atoms with Crippen LogP contribution in [0.5, 0.6) is 0 Å². The van der Waals surface area contributed by atoms with Gasteiger partial charge in [0.1, 0.15) is 0 Å². The summed E-state index contributed by atoms with van der Waals surface area (Å²) in [5.41, 5.74) is 1.46. The molecule has 1 aliphatic carbocycles. The van der Waals surface area contributed by atoms with E-state index >= 15 is 0 Å². The number of alkyl halides is 1. The van der Waals surface area contributed by atoms with Crippen molar-refractivity contribution in [2.24, 2.45) is 5.92 Å². The van der Waals surface area contributed by atoms with Gasteiger partial charge in [-0.1, -0.05) is 28.8 Å². The Morgan fingerprint density at radius 1 is 1.54 bits per heavy atom. The van der Waals surface area contributed by atoms with Crippen LogP contribution in [0, 0.1) is 19.8 Å². The van der Waals surface area contributed by atoms with Crippen LogP contribution in [0.3, 0.4) is 0 Å². The van der Waals surface area contributed by atoms with Crippen molar-refractivity contribution >= 4 is 27.3 Å². The molecule has 1 saturated carbocycles. The minimum absolute atomic E-state index is 0.610. The Bertz CT molecular complexity index is 299. The van der Waals surface area contributed by atoms with E-state index < -0.39 is 0 Å². The van der Waals surface area contributed by atoms with Crippen molar-refractivity contribution in [3.63, 3.8) is 0 Å². The molecule has 0 aromatic carbocycles. The molecule has 1 heterocycles. The second-order valence-electron chi connectivity index (χ2n) is 4.05. The van der Waals surface area contributed by atoms with Gasteiger partial charge in [-0.25, -0.2) is 0 Å². The lowest BCUT2D eigenvalue weighted by atomic mass is 10.1. The Morgan fingerprint density at radius 2 is 2.23 bits per heavy atom. The van der Waals surface area contributed by atoms with Gasteiger partial charge in [-0.2, -0.15) is 0 Å². The molecule has 2 rings (SSSR count). The number of halogens is 1. The lowest BCUT2D eigenvalue weighted by Gasteiger charge is -2.07. The lowest BCUT2D eigenvalue weighted by molar-refractivity contribution is 0.726. The first-order valence-electron chi connectivity index (χ1n) is 4.88. The average Bonchev–Trinajstić information content (AvgIpc) is 2.77. The fourth-order valence-corrected chi connectivity index (χ4v) is 3.92. The number of thiophene rings is 1. The topological polar surface area (TPSA) is 0 Å². The molecule has 0 amide bonds. The summed E-state index contributed by atoms with van der Waals surface area (Å²) >= 11 is 5.75. The van der Waals surface area contributed by atoms with Gasteiger partial charge < -0.3 is 0 Å². The Morgan fingerprint density at radius 3 is 2.69 bits per heavy atom. The first-order valence-corrected chi connectivity index (χ1v) is 6.61. The van der Waals surface area contributed by atoms with Crippen LogP contribution in [0.15, 0.2) is 6.07 Å². The molecule has 1 fully saturated rings. The van der Waals surface area contributed by atoms with Gasteiger partial charge in [-0.15, -0.1) is 11.3 Å². The molecule has 1 aliphatic rings. The summed E-state index contributed by atoms with van der Waals surface area (Å²) in [5, 5.41) is 0. The van der Waals surface area contributed by atoms with Gasteiger partial charge in [0.15, 0.2) is 0 Å². The van der Waals surface area contributed by atoms with E-state index in [0.717, 1.165) is 5.92 Å². The molecule has 0 spiro atoms. The van der Waals surface area contributed by atoms with Gasteiger partial charge in [0.05, 0.1) is 0 Å². The van der Waals surface area contributed by atoms with Crippen LogP contribution in [0.2, 0.25) is 0 Å². The highest BCUT2D eigenvalue weighted by Crippen LogP contribution is 2.44. The molecule has 2 heteroatoms. The Balaban J connectivity index is 2.08. The molecule has 0 bridgehead atoms. The average molecular weight is 259 g/mol. The Kier molecular flexibility index (Phi) is 2.80. The van der Waals surface area contributed by atoms with Gasteiger partial charge in [0.25, 0.3) is 0 Å². The summed E-state index contributed by atoms with van der Waals surface area (Å²) in [6.07, 6.45) is 4.23. The van der Waals surface area contributed by atoms with E-state index in [4.69, 9.17) is 0 Å². The summed E-state index contributed by atoms with van der Waals surface area (Å²) in [4.78, 5) is 3.59. The zero-order chi connectivity index (χ0) is 9.42. The third-order valence-electron chi connectivity index (χ3n) is 2.60. The SMILES string of the molecule is Cc1cc(C)c(C(Br)CC2CC2)s1. The summed E-state index contributed by atoms with van der Waals surface area (Å²) < 4.78 is 0. The maximum atomic E-state index is 3.80. The smallest absolute Gasteiger partial charge is 0.0494 e. The van der Waals surface area contributed by atoms with Gasteiger partial charge >= 0.3 is 0 Å². The van der Waals surface area contributed by atoms with E-state index in [1.807, 2.05) is 11.3 Å². The zero-order valence-electron chi connectivity index (χ0n) is 8.14. The third-order valence-corrected chi connectivity index (χ3v) is 5.00. The molecule has 0 radical (unpaired) electrons. The van der Waals surface area contributed by atoms with Crippen LogP contribution in [-0.4, -0.2) is 0 Å². The molecule has 1 aromatic rings. The van der Waals surface area contributed by atoms with E-state index in [-0.39, 0.29) is 0 Å². The van der Waals surface area contributed by atoms with Crippen LogP contribution in [0.4, 0.5) is 0 Å². The van der Waals surface area contributed by atoms with E-state index in [2.05, 4.69) is 35.8 Å². The van der Waals surface area contributed by atoms with Crippen molar-refractivity contribution in [2.45, 2.75) is 37.9 Å². The van der Waals surface area contributed by atoms with Crippen molar-refractivity contribution in [1.82, 2.24) is 0 Å². The van der Waals surface area contributed by atoms with Crippen molar-refractivity contribution in [1.29, 1.82) is 0 Å². The molecule has 1 unspecified atom stereocenters. The molecule has 1 aromatic heterocycles. The van der Waals surface area contributed by atoms with Crippen molar-refractivity contribution < 1.29 is 0 Å². The molecule has 1 atom stereocenters. The molecular weight excluding hydrogens is 244 g/mol.